The summed E-state index contributed by atoms with van der Waals surface area (Å²) in [5.41, 5.74) is 5.94. The quantitative estimate of drug-likeness (QED) is 0.489. The maximum atomic E-state index is 15.4. The lowest BCUT2D eigenvalue weighted by atomic mass is 10.0. The maximum Gasteiger partial charge on any atom is 0.415 e. The van der Waals surface area contributed by atoms with E-state index in [1.165, 1.54) is 39.5 Å². The van der Waals surface area contributed by atoms with Crippen LogP contribution >= 0.6 is 11.6 Å². The molecule has 1 saturated carbocycles. The first-order valence-corrected chi connectivity index (χ1v) is 15.3. The fourth-order valence-corrected chi connectivity index (χ4v) is 8.13. The van der Waals surface area contributed by atoms with Crippen LogP contribution in [0.15, 0.2) is 35.2 Å². The number of carbonyl (C=O) groups is 1. The van der Waals surface area contributed by atoms with Gasteiger partial charge in [-0.1, -0.05) is 11.6 Å². The Bertz CT molecular complexity index is 1500. The van der Waals surface area contributed by atoms with Gasteiger partial charge in [0, 0.05) is 50.3 Å². The van der Waals surface area contributed by atoms with Crippen molar-refractivity contribution in [3.63, 3.8) is 0 Å². The number of nitrogens with zero attached hydrogens (tertiary/aromatic N) is 4. The van der Waals surface area contributed by atoms with E-state index in [-0.39, 0.29) is 84.4 Å². The van der Waals surface area contributed by atoms with Gasteiger partial charge in [0.05, 0.1) is 23.8 Å². The van der Waals surface area contributed by atoms with Crippen LogP contribution in [-0.2, 0) is 25.4 Å². The number of carbonyl (C=O) groups excluding carboxylic acids is 1. The van der Waals surface area contributed by atoms with Crippen LogP contribution in [0.3, 0.4) is 0 Å². The minimum absolute atomic E-state index is 0.0212. The van der Waals surface area contributed by atoms with Gasteiger partial charge in [-0.15, -0.1) is 0 Å². The zero-order valence-electron chi connectivity index (χ0n) is 21.8. The first-order chi connectivity index (χ1) is 19.6. The number of ether oxygens (including phenoxy) is 3. The van der Waals surface area contributed by atoms with E-state index in [2.05, 4.69) is 4.98 Å². The standard InChI is InChI=1S/C26H28ClF2N5O6S/c27-22-7-14(26(28,29)24-16-11-38-12-17(16)24)8-23(31-22)32-3-5-33(6-4-32)41(36,37)15-1-2-18-20(9-15)39-13-19-21(10-30)40-25(35)34(18)19/h1-2,7-9,16-17,19,21,24H,3-6,10-13,30H2/t16?,17?,19-,21+,24?/m1/s1. The summed E-state index contributed by atoms with van der Waals surface area (Å²) >= 11 is 6.17. The number of halogens is 3. The minimum Gasteiger partial charge on any atom is -0.489 e. The van der Waals surface area contributed by atoms with Gasteiger partial charge in [0.25, 0.3) is 5.92 Å². The predicted octanol–water partition coefficient (Wildman–Crippen LogP) is 2.28. The summed E-state index contributed by atoms with van der Waals surface area (Å²) in [4.78, 5) is 19.9. The van der Waals surface area contributed by atoms with Crippen LogP contribution in [0.4, 0.5) is 25.1 Å². The highest BCUT2D eigenvalue weighted by Crippen LogP contribution is 2.61. The molecule has 1 aromatic heterocycles. The van der Waals surface area contributed by atoms with E-state index in [1.54, 1.807) is 4.90 Å². The van der Waals surface area contributed by atoms with E-state index in [0.29, 0.717) is 18.9 Å². The lowest BCUT2D eigenvalue weighted by molar-refractivity contribution is -0.0522. The van der Waals surface area contributed by atoms with Crippen molar-refractivity contribution >= 4 is 39.2 Å². The molecule has 5 aliphatic rings. The molecule has 0 radical (unpaired) electrons. The minimum atomic E-state index is -3.91. The molecule has 0 spiro atoms. The van der Waals surface area contributed by atoms with Gasteiger partial charge in [0.15, 0.2) is 0 Å². The van der Waals surface area contributed by atoms with Crippen LogP contribution in [0.25, 0.3) is 0 Å². The van der Waals surface area contributed by atoms with Crippen LogP contribution in [-0.4, -0.2) is 88.5 Å². The molecule has 4 aliphatic heterocycles. The van der Waals surface area contributed by atoms with Crippen molar-refractivity contribution < 1.29 is 36.2 Å². The largest absolute Gasteiger partial charge is 0.489 e. The molecule has 7 rings (SSSR count). The van der Waals surface area contributed by atoms with Gasteiger partial charge in [-0.3, -0.25) is 4.90 Å². The highest BCUT2D eigenvalue weighted by atomic mass is 35.5. The Kier molecular flexibility index (Phi) is 6.36. The molecule has 1 aromatic carbocycles. The van der Waals surface area contributed by atoms with Crippen molar-refractivity contribution in [2.75, 3.05) is 62.3 Å². The number of sulfonamides is 1. The maximum absolute atomic E-state index is 15.4. The number of hydrogen-bond donors (Lipinski definition) is 1. The molecule has 1 amide bonds. The van der Waals surface area contributed by atoms with Crippen molar-refractivity contribution in [1.29, 1.82) is 0 Å². The fourth-order valence-electron chi connectivity index (χ4n) is 6.49. The van der Waals surface area contributed by atoms with Crippen molar-refractivity contribution in [2.24, 2.45) is 23.5 Å². The topological polar surface area (TPSA) is 128 Å². The van der Waals surface area contributed by atoms with Gasteiger partial charge in [0.2, 0.25) is 10.0 Å². The van der Waals surface area contributed by atoms with E-state index in [1.807, 2.05) is 0 Å². The third kappa shape index (κ3) is 4.33. The second kappa shape index (κ2) is 9.63. The van der Waals surface area contributed by atoms with E-state index in [0.717, 1.165) is 0 Å². The Morgan fingerprint density at radius 3 is 2.51 bits per heavy atom. The molecule has 220 valence electrons. The molecule has 41 heavy (non-hydrogen) atoms. The Labute approximate surface area is 240 Å². The van der Waals surface area contributed by atoms with E-state index >= 15 is 8.78 Å². The molecule has 11 nitrogen and oxygen atoms in total. The number of piperazine rings is 1. The summed E-state index contributed by atoms with van der Waals surface area (Å²) in [6.45, 7) is 1.69. The molecule has 2 aromatic rings. The molecule has 15 heteroatoms. The number of anilines is 2. The van der Waals surface area contributed by atoms with Gasteiger partial charge >= 0.3 is 6.09 Å². The third-order valence-corrected chi connectivity index (χ3v) is 10.9. The SMILES string of the molecule is NC[C@@H]1OC(=O)N2c3ccc(S(=O)(=O)N4CCN(c5cc(C(F)(F)C6C7COCC76)cc(Cl)n5)CC4)cc3OC[C@H]12. The van der Waals surface area contributed by atoms with Crippen LogP contribution in [0, 0.1) is 17.8 Å². The number of amides is 1. The number of hydrogen-bond acceptors (Lipinski definition) is 9. The van der Waals surface area contributed by atoms with Gasteiger partial charge in [-0.2, -0.15) is 4.31 Å². The summed E-state index contributed by atoms with van der Waals surface area (Å²) in [5, 5.41) is -0.0368. The summed E-state index contributed by atoms with van der Waals surface area (Å²) in [5.74, 6) is -3.56. The van der Waals surface area contributed by atoms with Crippen molar-refractivity contribution in [3.05, 3.63) is 41.0 Å². The van der Waals surface area contributed by atoms with E-state index in [9.17, 15) is 13.2 Å². The second-order valence-electron chi connectivity index (χ2n) is 11.0. The average molecular weight is 612 g/mol. The average Bonchev–Trinajstić information content (AvgIpc) is 3.29. The molecule has 5 heterocycles. The van der Waals surface area contributed by atoms with Crippen molar-refractivity contribution in [3.8, 4) is 5.75 Å². The van der Waals surface area contributed by atoms with Gasteiger partial charge < -0.3 is 24.8 Å². The number of rotatable bonds is 6. The second-order valence-corrected chi connectivity index (χ2v) is 13.3. The Balaban J connectivity index is 1.06. The molecular weight excluding hydrogens is 584 g/mol. The van der Waals surface area contributed by atoms with Crippen LogP contribution in [0.1, 0.15) is 5.56 Å². The highest BCUT2D eigenvalue weighted by Gasteiger charge is 2.66. The first kappa shape index (κ1) is 27.1. The van der Waals surface area contributed by atoms with Gasteiger partial charge in [0.1, 0.15) is 35.5 Å². The first-order valence-electron chi connectivity index (χ1n) is 13.4. The van der Waals surface area contributed by atoms with Crippen molar-refractivity contribution in [2.45, 2.75) is 23.0 Å². The summed E-state index contributed by atoms with van der Waals surface area (Å²) < 4.78 is 75.4. The molecule has 3 saturated heterocycles. The number of fused-ring (bicyclic) bond motifs is 4. The number of benzene rings is 1. The van der Waals surface area contributed by atoms with Crippen LogP contribution in [0.5, 0.6) is 5.75 Å². The van der Waals surface area contributed by atoms with Gasteiger partial charge in [-0.25, -0.2) is 27.0 Å². The summed E-state index contributed by atoms with van der Waals surface area (Å²) in [6, 6.07) is 6.55. The van der Waals surface area contributed by atoms with Gasteiger partial charge in [-0.05, 0) is 36.1 Å². The number of alkyl halides is 2. The predicted molar refractivity (Wildman–Crippen MR) is 143 cm³/mol. The molecule has 2 N–H and O–H groups in total. The van der Waals surface area contributed by atoms with Crippen LogP contribution < -0.4 is 20.3 Å². The van der Waals surface area contributed by atoms with E-state index < -0.39 is 34.1 Å². The zero-order chi connectivity index (χ0) is 28.7. The Morgan fingerprint density at radius 1 is 1.07 bits per heavy atom. The molecule has 0 bridgehead atoms. The van der Waals surface area contributed by atoms with Crippen LogP contribution in [0.2, 0.25) is 5.15 Å². The molecular formula is C26H28ClF2N5O6S. The number of cyclic esters (lactones) is 1. The summed E-state index contributed by atoms with van der Waals surface area (Å²) in [7, 11) is -3.91. The number of aromatic nitrogens is 1. The number of pyridine rings is 1. The molecule has 1 aliphatic carbocycles. The number of nitrogens with two attached hydrogens (primary N) is 1. The Morgan fingerprint density at radius 2 is 1.80 bits per heavy atom. The van der Waals surface area contributed by atoms with E-state index in [4.69, 9.17) is 31.5 Å². The fraction of sp³-hybridized carbons (Fsp3) is 0.538. The normalized spacial score (nSPS) is 29.5. The lowest BCUT2D eigenvalue weighted by Gasteiger charge is -2.35. The Hall–Kier alpha value is -2.78. The third-order valence-electron chi connectivity index (χ3n) is 8.78. The smallest absolute Gasteiger partial charge is 0.415 e. The lowest BCUT2D eigenvalue weighted by Crippen LogP contribution is -2.49. The zero-order valence-corrected chi connectivity index (χ0v) is 23.4. The molecule has 4 atom stereocenters. The monoisotopic (exact) mass is 611 g/mol. The molecule has 4 fully saturated rings. The highest BCUT2D eigenvalue weighted by molar-refractivity contribution is 7.89. The van der Waals surface area contributed by atoms with Crippen molar-refractivity contribution in [1.82, 2.24) is 9.29 Å². The summed E-state index contributed by atoms with van der Waals surface area (Å²) in [6.07, 6.45) is -1.05. The molecule has 2 unspecified atom stereocenters.